The number of nitrogens with one attached hydrogen (secondary N) is 1. The number of anilines is 1. The van der Waals surface area contributed by atoms with Gasteiger partial charge in [0.05, 0.1) is 22.1 Å². The van der Waals surface area contributed by atoms with Gasteiger partial charge in [0.15, 0.2) is 0 Å². The molecule has 0 unspecified atom stereocenters. The zero-order chi connectivity index (χ0) is 21.8. The molecule has 1 atom stereocenters. The lowest BCUT2D eigenvalue weighted by Crippen LogP contribution is -2.22. The van der Waals surface area contributed by atoms with Crippen LogP contribution in [0.15, 0.2) is 52.9 Å². The summed E-state index contributed by atoms with van der Waals surface area (Å²) in [4.78, 5) is 31.1. The Morgan fingerprint density at radius 2 is 2.03 bits per heavy atom. The number of carbonyl (C=O) groups is 2. The van der Waals surface area contributed by atoms with E-state index >= 15 is 0 Å². The molecule has 5 nitrogen and oxygen atoms in total. The van der Waals surface area contributed by atoms with Gasteiger partial charge in [-0.2, -0.15) is 5.26 Å². The second-order valence-corrected chi connectivity index (χ2v) is 9.49. The lowest BCUT2D eigenvalue weighted by molar-refractivity contribution is -0.119. The third-order valence-electron chi connectivity index (χ3n) is 5.24. The van der Waals surface area contributed by atoms with Crippen molar-refractivity contribution in [2.75, 3.05) is 5.32 Å². The molecule has 1 fully saturated rings. The highest BCUT2D eigenvalue weighted by molar-refractivity contribution is 8.00. The van der Waals surface area contributed by atoms with Gasteiger partial charge in [-0.15, -0.1) is 11.3 Å². The van der Waals surface area contributed by atoms with Crippen molar-refractivity contribution < 1.29 is 9.59 Å². The molecule has 0 aliphatic heterocycles. The van der Waals surface area contributed by atoms with Crippen molar-refractivity contribution in [2.24, 2.45) is 0 Å². The van der Waals surface area contributed by atoms with Gasteiger partial charge in [-0.3, -0.25) is 9.59 Å². The first-order chi connectivity index (χ1) is 15.1. The first kappa shape index (κ1) is 21.3. The van der Waals surface area contributed by atoms with Gasteiger partial charge in [0.2, 0.25) is 0 Å². The number of carbonyl (C=O) groups excluding carboxylic acids is 2. The number of aryl methyl sites for hydroxylation is 1. The molecule has 1 saturated carbocycles. The van der Waals surface area contributed by atoms with Gasteiger partial charge >= 0.3 is 0 Å². The van der Waals surface area contributed by atoms with Crippen LogP contribution < -0.4 is 5.32 Å². The smallest absolute Gasteiger partial charge is 0.258 e. The van der Waals surface area contributed by atoms with E-state index in [9.17, 15) is 14.9 Å². The molecule has 0 bridgehead atoms. The Hall–Kier alpha value is -2.95. The van der Waals surface area contributed by atoms with Gasteiger partial charge in [-0.25, -0.2) is 4.98 Å². The zero-order valence-corrected chi connectivity index (χ0v) is 18.7. The van der Waals surface area contributed by atoms with Gasteiger partial charge in [0, 0.05) is 22.5 Å². The molecule has 0 radical (unpaired) electrons. The Labute approximate surface area is 189 Å². The van der Waals surface area contributed by atoms with Gasteiger partial charge in [0.1, 0.15) is 16.9 Å². The third kappa shape index (κ3) is 4.55. The summed E-state index contributed by atoms with van der Waals surface area (Å²) >= 11 is 2.84. The van der Waals surface area contributed by atoms with Crippen LogP contribution >= 0.6 is 23.1 Å². The number of benzene rings is 1. The molecule has 2 aromatic heterocycles. The first-order valence-electron chi connectivity index (χ1n) is 10.1. The molecule has 0 spiro atoms. The molecular formula is C24H21N3O2S2. The highest BCUT2D eigenvalue weighted by atomic mass is 32.2. The number of hydrogen-bond donors (Lipinski definition) is 1. The summed E-state index contributed by atoms with van der Waals surface area (Å²) in [6.45, 7) is 1.78. The van der Waals surface area contributed by atoms with E-state index in [1.54, 1.807) is 6.92 Å². The van der Waals surface area contributed by atoms with Crippen LogP contribution in [0.25, 0.3) is 10.4 Å². The van der Waals surface area contributed by atoms with Crippen molar-refractivity contribution in [3.8, 4) is 16.5 Å². The van der Waals surface area contributed by atoms with Gasteiger partial charge in [-0.1, -0.05) is 42.4 Å². The molecule has 1 aliphatic carbocycles. The number of aromatic nitrogens is 1. The average Bonchev–Trinajstić information content (AvgIpc) is 3.30. The standard InChI is InChI=1S/C24H21N3O2S2/c1-15-21(23(29)27-16-8-3-2-4-9-16)22(20-12-7-13-30-20)17(14-25)24(26-15)31-19-11-6-5-10-18(19)28/h2-4,7-9,12-13,19H,5-6,10-11H2,1H3,(H,27,29)/t19-/m0/s1. The molecule has 1 amide bonds. The number of thiophene rings is 1. The SMILES string of the molecule is Cc1nc(S[C@H]2CCCCC2=O)c(C#N)c(-c2cccs2)c1C(=O)Nc1ccccc1. The Bertz CT molecular complexity index is 1150. The number of amides is 1. The van der Waals surface area contributed by atoms with Crippen molar-refractivity contribution in [1.29, 1.82) is 5.26 Å². The lowest BCUT2D eigenvalue weighted by atomic mass is 9.99. The Morgan fingerprint density at radius 1 is 1.23 bits per heavy atom. The average molecular weight is 448 g/mol. The fourth-order valence-corrected chi connectivity index (χ4v) is 5.78. The number of Topliss-reactive ketones (excluding diaryl/α,β-unsaturated/α-hetero) is 1. The Kier molecular flexibility index (Phi) is 6.50. The number of ketones is 1. The van der Waals surface area contributed by atoms with E-state index in [1.165, 1.54) is 23.1 Å². The van der Waals surface area contributed by atoms with Crippen LogP contribution in [0.5, 0.6) is 0 Å². The quantitative estimate of drug-likeness (QED) is 0.531. The molecule has 31 heavy (non-hydrogen) atoms. The second-order valence-electron chi connectivity index (χ2n) is 7.36. The highest BCUT2D eigenvalue weighted by Gasteiger charge is 2.29. The molecule has 7 heteroatoms. The Balaban J connectivity index is 1.81. The minimum Gasteiger partial charge on any atom is -0.322 e. The molecular weight excluding hydrogens is 426 g/mol. The van der Waals surface area contributed by atoms with Crippen molar-refractivity contribution in [3.05, 3.63) is 64.7 Å². The fourth-order valence-electron chi connectivity index (χ4n) is 3.74. The van der Waals surface area contributed by atoms with Crippen molar-refractivity contribution >= 4 is 40.5 Å². The summed E-state index contributed by atoms with van der Waals surface area (Å²) in [5.41, 5.74) is 2.55. The predicted molar refractivity (Wildman–Crippen MR) is 125 cm³/mol. The number of para-hydroxylation sites is 1. The molecule has 1 aromatic carbocycles. The van der Waals surface area contributed by atoms with E-state index < -0.39 is 0 Å². The summed E-state index contributed by atoms with van der Waals surface area (Å²) in [5.74, 6) is -0.0930. The molecule has 3 aromatic rings. The maximum Gasteiger partial charge on any atom is 0.258 e. The van der Waals surface area contributed by atoms with Crippen LogP contribution in [-0.2, 0) is 4.79 Å². The molecule has 4 rings (SSSR count). The number of pyridine rings is 1. The van der Waals surface area contributed by atoms with Gasteiger partial charge in [-0.05, 0) is 43.3 Å². The number of nitrogens with zero attached hydrogens (tertiary/aromatic N) is 2. The van der Waals surface area contributed by atoms with Crippen LogP contribution in [0.1, 0.15) is 47.3 Å². The van der Waals surface area contributed by atoms with Crippen LogP contribution in [0.4, 0.5) is 5.69 Å². The van der Waals surface area contributed by atoms with Crippen LogP contribution in [0.3, 0.4) is 0 Å². The van der Waals surface area contributed by atoms with Gasteiger partial charge in [0.25, 0.3) is 5.91 Å². The largest absolute Gasteiger partial charge is 0.322 e. The fraction of sp³-hybridized carbons (Fsp3) is 0.250. The van der Waals surface area contributed by atoms with Crippen molar-refractivity contribution in [2.45, 2.75) is 42.9 Å². The summed E-state index contributed by atoms with van der Waals surface area (Å²) in [7, 11) is 0. The van der Waals surface area contributed by atoms with E-state index in [4.69, 9.17) is 0 Å². The number of thioether (sulfide) groups is 1. The molecule has 1 aliphatic rings. The number of nitriles is 1. The number of hydrogen-bond acceptors (Lipinski definition) is 6. The van der Waals surface area contributed by atoms with Crippen molar-refractivity contribution in [3.63, 3.8) is 0 Å². The normalized spacial score (nSPS) is 16.0. The minimum absolute atomic E-state index is 0.187. The summed E-state index contributed by atoms with van der Waals surface area (Å²) in [6, 6.07) is 15.3. The van der Waals surface area contributed by atoms with Gasteiger partial charge < -0.3 is 5.32 Å². The number of rotatable bonds is 5. The topological polar surface area (TPSA) is 82.8 Å². The van der Waals surface area contributed by atoms with Crippen LogP contribution in [0, 0.1) is 18.3 Å². The summed E-state index contributed by atoms with van der Waals surface area (Å²) in [5, 5.41) is 15.2. The van der Waals surface area contributed by atoms with E-state index in [0.717, 1.165) is 24.1 Å². The molecule has 1 N–H and O–H groups in total. The van der Waals surface area contributed by atoms with E-state index in [2.05, 4.69) is 16.4 Å². The highest BCUT2D eigenvalue weighted by Crippen LogP contribution is 2.40. The van der Waals surface area contributed by atoms with E-state index in [0.29, 0.717) is 39.5 Å². The summed E-state index contributed by atoms with van der Waals surface area (Å²) < 4.78 is 0. The van der Waals surface area contributed by atoms with E-state index in [-0.39, 0.29) is 16.9 Å². The Morgan fingerprint density at radius 3 is 2.71 bits per heavy atom. The first-order valence-corrected chi connectivity index (χ1v) is 11.9. The van der Waals surface area contributed by atoms with Crippen molar-refractivity contribution in [1.82, 2.24) is 4.98 Å². The monoisotopic (exact) mass is 447 g/mol. The van der Waals surface area contributed by atoms with Crippen LogP contribution in [0.2, 0.25) is 0 Å². The third-order valence-corrected chi connectivity index (χ3v) is 7.42. The van der Waals surface area contributed by atoms with Crippen LogP contribution in [-0.4, -0.2) is 21.9 Å². The predicted octanol–water partition coefficient (Wildman–Crippen LogP) is 5.85. The second kappa shape index (κ2) is 9.46. The molecule has 2 heterocycles. The lowest BCUT2D eigenvalue weighted by Gasteiger charge is -2.21. The zero-order valence-electron chi connectivity index (χ0n) is 17.1. The maximum absolute atomic E-state index is 13.3. The molecule has 156 valence electrons. The van der Waals surface area contributed by atoms with E-state index in [1.807, 2.05) is 47.8 Å². The minimum atomic E-state index is -0.304. The summed E-state index contributed by atoms with van der Waals surface area (Å²) in [6.07, 6.45) is 3.29. The maximum atomic E-state index is 13.3. The molecule has 0 saturated heterocycles.